The quantitative estimate of drug-likeness (QED) is 0.784. The molecule has 0 fully saturated rings. The van der Waals surface area contributed by atoms with Gasteiger partial charge in [-0.15, -0.1) is 0 Å². The lowest BCUT2D eigenvalue weighted by atomic mass is 10.2. The van der Waals surface area contributed by atoms with E-state index in [-0.39, 0.29) is 10.6 Å². The molecular weight excluding hydrogens is 376 g/mol. The molecule has 2 N–H and O–H groups in total. The van der Waals surface area contributed by atoms with Crippen LogP contribution < -0.4 is 14.8 Å². The van der Waals surface area contributed by atoms with Crippen LogP contribution in [0.1, 0.15) is 18.1 Å². The number of ether oxygens (including phenoxy) is 1. The lowest BCUT2D eigenvalue weighted by Crippen LogP contribution is -2.41. The van der Waals surface area contributed by atoms with Gasteiger partial charge in [0.25, 0.3) is 0 Å². The molecule has 0 spiro atoms. The summed E-state index contributed by atoms with van der Waals surface area (Å²) in [6.07, 6.45) is 0. The zero-order chi connectivity index (χ0) is 19.5. The Bertz CT molecular complexity index is 929. The molecule has 26 heavy (non-hydrogen) atoms. The van der Waals surface area contributed by atoms with Gasteiger partial charge in [0.05, 0.1) is 13.2 Å². The summed E-state index contributed by atoms with van der Waals surface area (Å²) in [5.74, 6) is -0.291. The summed E-state index contributed by atoms with van der Waals surface area (Å²) in [6, 6.07) is 8.89. The number of aryl methyl sites for hydroxylation is 2. The molecule has 140 valence electrons. The van der Waals surface area contributed by atoms with Crippen LogP contribution in [0.25, 0.3) is 0 Å². The van der Waals surface area contributed by atoms with Crippen LogP contribution >= 0.6 is 11.6 Å². The van der Waals surface area contributed by atoms with Crippen LogP contribution in [0, 0.1) is 13.8 Å². The summed E-state index contributed by atoms with van der Waals surface area (Å²) in [6.45, 7) is 5.08. The summed E-state index contributed by atoms with van der Waals surface area (Å²) < 4.78 is 32.8. The fourth-order valence-corrected chi connectivity index (χ4v) is 3.90. The van der Waals surface area contributed by atoms with E-state index in [4.69, 9.17) is 16.3 Å². The van der Waals surface area contributed by atoms with Crippen LogP contribution in [0.2, 0.25) is 5.02 Å². The Hall–Kier alpha value is -2.09. The first kappa shape index (κ1) is 20.2. The van der Waals surface area contributed by atoms with Gasteiger partial charge in [0.2, 0.25) is 15.9 Å². The molecule has 0 aliphatic carbocycles. The van der Waals surface area contributed by atoms with Crippen molar-refractivity contribution < 1.29 is 17.9 Å². The Morgan fingerprint density at radius 1 is 1.15 bits per heavy atom. The van der Waals surface area contributed by atoms with Gasteiger partial charge < -0.3 is 10.1 Å². The number of hydrogen-bond acceptors (Lipinski definition) is 4. The fraction of sp³-hybridized carbons (Fsp3) is 0.278. The van der Waals surface area contributed by atoms with E-state index < -0.39 is 22.0 Å². The third kappa shape index (κ3) is 4.75. The van der Waals surface area contributed by atoms with E-state index >= 15 is 0 Å². The third-order valence-corrected chi connectivity index (χ3v) is 5.74. The monoisotopic (exact) mass is 396 g/mol. The molecular formula is C18H21ClN2O4S. The summed E-state index contributed by atoms with van der Waals surface area (Å²) in [4.78, 5) is 12.3. The van der Waals surface area contributed by atoms with Gasteiger partial charge in [-0.2, -0.15) is 4.72 Å². The molecule has 0 heterocycles. The predicted molar refractivity (Wildman–Crippen MR) is 102 cm³/mol. The Labute approximate surface area is 158 Å². The van der Waals surface area contributed by atoms with E-state index in [2.05, 4.69) is 10.0 Å². The second kappa shape index (κ2) is 8.07. The van der Waals surface area contributed by atoms with Crippen molar-refractivity contribution >= 4 is 33.2 Å². The normalized spacial score (nSPS) is 12.5. The van der Waals surface area contributed by atoms with Gasteiger partial charge in [0.15, 0.2) is 0 Å². The number of rotatable bonds is 6. The van der Waals surface area contributed by atoms with Crippen LogP contribution in [0.15, 0.2) is 41.3 Å². The van der Waals surface area contributed by atoms with Crippen LogP contribution in [0.5, 0.6) is 5.75 Å². The smallest absolute Gasteiger partial charge is 0.244 e. The number of sulfonamides is 1. The summed E-state index contributed by atoms with van der Waals surface area (Å²) in [5, 5.41) is 3.16. The summed E-state index contributed by atoms with van der Waals surface area (Å²) in [7, 11) is -2.55. The molecule has 0 saturated heterocycles. The van der Waals surface area contributed by atoms with E-state index in [1.54, 1.807) is 37.3 Å². The number of methoxy groups -OCH3 is 1. The minimum atomic E-state index is -3.94. The highest BCUT2D eigenvalue weighted by molar-refractivity contribution is 7.89. The van der Waals surface area contributed by atoms with Crippen molar-refractivity contribution in [2.24, 2.45) is 0 Å². The maximum atomic E-state index is 12.6. The minimum absolute atomic E-state index is 0.0157. The predicted octanol–water partition coefficient (Wildman–Crippen LogP) is 3.27. The molecule has 0 saturated carbocycles. The van der Waals surface area contributed by atoms with Crippen molar-refractivity contribution in [1.29, 1.82) is 0 Å². The molecule has 0 aromatic heterocycles. The molecule has 0 unspecified atom stereocenters. The molecule has 0 bridgehead atoms. The molecule has 2 aromatic rings. The number of carbonyl (C=O) groups is 1. The molecule has 0 aliphatic heterocycles. The first-order valence-electron chi connectivity index (χ1n) is 7.88. The molecule has 2 rings (SSSR count). The Morgan fingerprint density at radius 3 is 2.46 bits per heavy atom. The zero-order valence-corrected chi connectivity index (χ0v) is 16.5. The Balaban J connectivity index is 2.17. The second-order valence-corrected chi connectivity index (χ2v) is 8.04. The van der Waals surface area contributed by atoms with E-state index in [9.17, 15) is 13.2 Å². The fourth-order valence-electron chi connectivity index (χ4n) is 2.26. The third-order valence-electron chi connectivity index (χ3n) is 3.77. The lowest BCUT2D eigenvalue weighted by Gasteiger charge is -2.16. The van der Waals surface area contributed by atoms with Crippen LogP contribution in [0.3, 0.4) is 0 Å². The zero-order valence-electron chi connectivity index (χ0n) is 15.0. The molecule has 2 aromatic carbocycles. The van der Waals surface area contributed by atoms with Gasteiger partial charge in [0, 0.05) is 10.7 Å². The number of carbonyl (C=O) groups excluding carboxylic acids is 1. The molecule has 0 aliphatic rings. The first-order chi connectivity index (χ1) is 12.1. The van der Waals surface area contributed by atoms with Gasteiger partial charge in [-0.25, -0.2) is 8.42 Å². The number of benzene rings is 2. The van der Waals surface area contributed by atoms with Crippen LogP contribution in [0.4, 0.5) is 5.69 Å². The largest absolute Gasteiger partial charge is 0.495 e. The maximum Gasteiger partial charge on any atom is 0.244 e. The highest BCUT2D eigenvalue weighted by Gasteiger charge is 2.25. The number of amides is 1. The summed E-state index contributed by atoms with van der Waals surface area (Å²) >= 11 is 6.03. The van der Waals surface area contributed by atoms with Crippen molar-refractivity contribution in [2.45, 2.75) is 31.7 Å². The minimum Gasteiger partial charge on any atom is -0.495 e. The number of hydrogen-bond donors (Lipinski definition) is 2. The molecule has 8 heteroatoms. The van der Waals surface area contributed by atoms with Crippen molar-refractivity contribution in [3.8, 4) is 5.75 Å². The van der Waals surface area contributed by atoms with Crippen molar-refractivity contribution in [3.05, 3.63) is 52.5 Å². The van der Waals surface area contributed by atoms with E-state index in [1.807, 2.05) is 6.92 Å². The van der Waals surface area contributed by atoms with Crippen LogP contribution in [-0.4, -0.2) is 27.5 Å². The second-order valence-electron chi connectivity index (χ2n) is 5.95. The Morgan fingerprint density at radius 2 is 1.85 bits per heavy atom. The van der Waals surface area contributed by atoms with Crippen molar-refractivity contribution in [1.82, 2.24) is 4.72 Å². The average Bonchev–Trinajstić information content (AvgIpc) is 2.57. The van der Waals surface area contributed by atoms with Gasteiger partial charge in [-0.1, -0.05) is 23.7 Å². The summed E-state index contributed by atoms with van der Waals surface area (Å²) in [5.41, 5.74) is 2.13. The van der Waals surface area contributed by atoms with E-state index in [0.29, 0.717) is 10.7 Å². The highest BCUT2D eigenvalue weighted by atomic mass is 35.5. The molecule has 1 amide bonds. The standard InChI is InChI=1S/C18H21ClN2O4S/c1-11-5-8-16(25-4)17(9-11)26(23,24)21-13(3)18(22)20-14-7-6-12(2)15(19)10-14/h5-10,13,21H,1-4H3,(H,20,22)/t13-/m0/s1. The number of nitrogens with one attached hydrogen (secondary N) is 2. The SMILES string of the molecule is COc1ccc(C)cc1S(=O)(=O)N[C@@H](C)C(=O)Nc1ccc(C)c(Cl)c1. The maximum absolute atomic E-state index is 12.6. The number of anilines is 1. The van der Waals surface area contributed by atoms with Gasteiger partial charge >= 0.3 is 0 Å². The lowest BCUT2D eigenvalue weighted by molar-refractivity contribution is -0.117. The van der Waals surface area contributed by atoms with Crippen molar-refractivity contribution in [3.63, 3.8) is 0 Å². The first-order valence-corrected chi connectivity index (χ1v) is 9.74. The highest BCUT2D eigenvalue weighted by Crippen LogP contribution is 2.25. The number of halogens is 1. The molecule has 6 nitrogen and oxygen atoms in total. The van der Waals surface area contributed by atoms with Gasteiger partial charge in [-0.05, 0) is 56.2 Å². The topological polar surface area (TPSA) is 84.5 Å². The van der Waals surface area contributed by atoms with Gasteiger partial charge in [0.1, 0.15) is 10.6 Å². The van der Waals surface area contributed by atoms with E-state index in [1.165, 1.54) is 20.1 Å². The average molecular weight is 397 g/mol. The van der Waals surface area contributed by atoms with E-state index in [0.717, 1.165) is 11.1 Å². The van der Waals surface area contributed by atoms with Crippen LogP contribution in [-0.2, 0) is 14.8 Å². The molecule has 1 atom stereocenters. The Kier molecular flexibility index (Phi) is 6.28. The van der Waals surface area contributed by atoms with Crippen molar-refractivity contribution in [2.75, 3.05) is 12.4 Å². The van der Waals surface area contributed by atoms with Gasteiger partial charge in [-0.3, -0.25) is 4.79 Å². The molecule has 0 radical (unpaired) electrons.